The van der Waals surface area contributed by atoms with Crippen molar-refractivity contribution in [3.8, 4) is 5.75 Å². The number of aryl methyl sites for hydroxylation is 1. The van der Waals surface area contributed by atoms with Crippen LogP contribution < -0.4 is 15.4 Å². The van der Waals surface area contributed by atoms with Gasteiger partial charge in [0.25, 0.3) is 0 Å². The Kier molecular flexibility index (Phi) is 10.2. The summed E-state index contributed by atoms with van der Waals surface area (Å²) in [6.07, 6.45) is 0. The first kappa shape index (κ1) is 19.0. The maximum atomic E-state index is 5.64. The molecular weight excluding hydrogens is 365 g/mol. The Morgan fingerprint density at radius 1 is 1.20 bits per heavy atom. The molecular formula is C15H26IN3O. The van der Waals surface area contributed by atoms with Gasteiger partial charge >= 0.3 is 0 Å². The van der Waals surface area contributed by atoms with Crippen molar-refractivity contribution in [1.29, 1.82) is 0 Å². The predicted molar refractivity (Wildman–Crippen MR) is 96.3 cm³/mol. The minimum Gasteiger partial charge on any atom is -0.492 e. The van der Waals surface area contributed by atoms with Gasteiger partial charge < -0.3 is 15.4 Å². The predicted octanol–water partition coefficient (Wildman–Crippen LogP) is 2.81. The molecule has 0 saturated heterocycles. The molecule has 0 fully saturated rings. The summed E-state index contributed by atoms with van der Waals surface area (Å²) in [5.41, 5.74) is 1.24. The van der Waals surface area contributed by atoms with Gasteiger partial charge in [-0.3, -0.25) is 4.99 Å². The van der Waals surface area contributed by atoms with Crippen LogP contribution in [0.2, 0.25) is 0 Å². The number of aliphatic imine (C=N–C) groups is 1. The number of nitrogens with zero attached hydrogens (tertiary/aromatic N) is 1. The number of rotatable bonds is 6. The molecule has 0 bridgehead atoms. The second kappa shape index (κ2) is 10.8. The molecule has 0 amide bonds. The minimum atomic E-state index is 0. The maximum absolute atomic E-state index is 5.64. The molecule has 0 atom stereocenters. The second-order valence-corrected chi connectivity index (χ2v) is 4.94. The third kappa shape index (κ3) is 8.24. The van der Waals surface area contributed by atoms with E-state index in [9.17, 15) is 0 Å². The van der Waals surface area contributed by atoms with Crippen LogP contribution in [0.3, 0.4) is 0 Å². The SMILES string of the molecule is CN=C(NCCOc1ccc(C)cc1)NCC(C)C.I. The Hall–Kier alpha value is -0.980. The zero-order chi connectivity index (χ0) is 14.1. The lowest BCUT2D eigenvalue weighted by Crippen LogP contribution is -2.40. The molecule has 2 N–H and O–H groups in total. The Morgan fingerprint density at radius 3 is 2.40 bits per heavy atom. The van der Waals surface area contributed by atoms with E-state index in [4.69, 9.17) is 4.74 Å². The second-order valence-electron chi connectivity index (χ2n) is 4.94. The molecule has 0 aliphatic heterocycles. The summed E-state index contributed by atoms with van der Waals surface area (Å²) in [6.45, 7) is 8.66. The van der Waals surface area contributed by atoms with E-state index in [0.717, 1.165) is 24.8 Å². The average Bonchev–Trinajstić information content (AvgIpc) is 2.40. The van der Waals surface area contributed by atoms with Gasteiger partial charge in [-0.15, -0.1) is 24.0 Å². The number of nitrogens with one attached hydrogen (secondary N) is 2. The maximum Gasteiger partial charge on any atom is 0.191 e. The number of hydrogen-bond donors (Lipinski definition) is 2. The molecule has 0 unspecified atom stereocenters. The Bertz CT molecular complexity index is 391. The average molecular weight is 391 g/mol. The first-order chi connectivity index (χ1) is 9.11. The van der Waals surface area contributed by atoms with E-state index in [2.05, 4.69) is 36.4 Å². The lowest BCUT2D eigenvalue weighted by atomic mass is 10.2. The molecule has 1 aromatic rings. The molecule has 114 valence electrons. The van der Waals surface area contributed by atoms with Gasteiger partial charge in [0.15, 0.2) is 5.96 Å². The monoisotopic (exact) mass is 391 g/mol. The van der Waals surface area contributed by atoms with Gasteiger partial charge in [0.2, 0.25) is 0 Å². The lowest BCUT2D eigenvalue weighted by Gasteiger charge is -2.13. The Morgan fingerprint density at radius 2 is 1.85 bits per heavy atom. The largest absolute Gasteiger partial charge is 0.492 e. The van der Waals surface area contributed by atoms with Gasteiger partial charge in [0.1, 0.15) is 12.4 Å². The van der Waals surface area contributed by atoms with Crippen LogP contribution in [0.1, 0.15) is 19.4 Å². The summed E-state index contributed by atoms with van der Waals surface area (Å²) in [5, 5.41) is 6.48. The van der Waals surface area contributed by atoms with E-state index in [-0.39, 0.29) is 24.0 Å². The van der Waals surface area contributed by atoms with Crippen LogP contribution in [0.4, 0.5) is 0 Å². The van der Waals surface area contributed by atoms with E-state index >= 15 is 0 Å². The summed E-state index contributed by atoms with van der Waals surface area (Å²) >= 11 is 0. The van der Waals surface area contributed by atoms with Crippen LogP contribution in [0, 0.1) is 12.8 Å². The van der Waals surface area contributed by atoms with Crippen LogP contribution in [0.5, 0.6) is 5.75 Å². The van der Waals surface area contributed by atoms with Gasteiger partial charge in [0.05, 0.1) is 6.54 Å². The fourth-order valence-corrected chi connectivity index (χ4v) is 1.49. The molecule has 0 saturated carbocycles. The van der Waals surface area contributed by atoms with Crippen molar-refractivity contribution in [2.24, 2.45) is 10.9 Å². The topological polar surface area (TPSA) is 45.7 Å². The fourth-order valence-electron chi connectivity index (χ4n) is 1.49. The highest BCUT2D eigenvalue weighted by atomic mass is 127. The molecule has 0 heterocycles. The highest BCUT2D eigenvalue weighted by molar-refractivity contribution is 14.0. The first-order valence-corrected chi connectivity index (χ1v) is 6.76. The molecule has 5 heteroatoms. The van der Waals surface area contributed by atoms with Crippen molar-refractivity contribution in [2.45, 2.75) is 20.8 Å². The number of guanidine groups is 1. The summed E-state index contributed by atoms with van der Waals surface area (Å²) < 4.78 is 5.64. The highest BCUT2D eigenvalue weighted by Crippen LogP contribution is 2.10. The van der Waals surface area contributed by atoms with Crippen molar-refractivity contribution in [3.63, 3.8) is 0 Å². The van der Waals surface area contributed by atoms with Crippen molar-refractivity contribution in [1.82, 2.24) is 10.6 Å². The Labute approximate surface area is 139 Å². The van der Waals surface area contributed by atoms with E-state index < -0.39 is 0 Å². The third-order valence-corrected chi connectivity index (χ3v) is 2.59. The first-order valence-electron chi connectivity index (χ1n) is 6.76. The van der Waals surface area contributed by atoms with E-state index in [0.29, 0.717) is 12.5 Å². The van der Waals surface area contributed by atoms with Gasteiger partial charge in [-0.1, -0.05) is 31.5 Å². The van der Waals surface area contributed by atoms with Gasteiger partial charge in [0, 0.05) is 13.6 Å². The highest BCUT2D eigenvalue weighted by Gasteiger charge is 1.99. The normalized spacial score (nSPS) is 10.9. The zero-order valence-electron chi connectivity index (χ0n) is 12.8. The number of ether oxygens (including phenoxy) is 1. The summed E-state index contributed by atoms with van der Waals surface area (Å²) in [7, 11) is 1.77. The zero-order valence-corrected chi connectivity index (χ0v) is 15.1. The summed E-state index contributed by atoms with van der Waals surface area (Å²) in [5.74, 6) is 2.32. The van der Waals surface area contributed by atoms with Crippen LogP contribution in [0.15, 0.2) is 29.3 Å². The smallest absolute Gasteiger partial charge is 0.191 e. The minimum absolute atomic E-state index is 0. The van der Waals surface area contributed by atoms with Crippen LogP contribution in [0.25, 0.3) is 0 Å². The van der Waals surface area contributed by atoms with Crippen molar-refractivity contribution in [3.05, 3.63) is 29.8 Å². The third-order valence-electron chi connectivity index (χ3n) is 2.59. The quantitative estimate of drug-likeness (QED) is 0.339. The lowest BCUT2D eigenvalue weighted by molar-refractivity contribution is 0.322. The Balaban J connectivity index is 0.00000361. The summed E-state index contributed by atoms with van der Waals surface area (Å²) in [6, 6.07) is 8.07. The molecule has 1 rings (SSSR count). The van der Waals surface area contributed by atoms with Gasteiger partial charge in [-0.25, -0.2) is 0 Å². The molecule has 4 nitrogen and oxygen atoms in total. The van der Waals surface area contributed by atoms with Gasteiger partial charge in [-0.2, -0.15) is 0 Å². The van der Waals surface area contributed by atoms with Crippen LogP contribution in [-0.2, 0) is 0 Å². The molecule has 0 spiro atoms. The number of hydrogen-bond acceptors (Lipinski definition) is 2. The number of halogens is 1. The molecule has 0 aliphatic rings. The van der Waals surface area contributed by atoms with E-state index in [1.165, 1.54) is 5.56 Å². The van der Waals surface area contributed by atoms with Crippen molar-refractivity contribution in [2.75, 3.05) is 26.7 Å². The standard InChI is InChI=1S/C15H25N3O.HI/c1-12(2)11-18-15(16-4)17-9-10-19-14-7-5-13(3)6-8-14;/h5-8,12H,9-11H2,1-4H3,(H2,16,17,18);1H. The molecule has 0 radical (unpaired) electrons. The van der Waals surface area contributed by atoms with Crippen LogP contribution >= 0.6 is 24.0 Å². The molecule has 0 aliphatic carbocycles. The van der Waals surface area contributed by atoms with Crippen LogP contribution in [-0.4, -0.2) is 32.7 Å². The van der Waals surface area contributed by atoms with Crippen molar-refractivity contribution >= 4 is 29.9 Å². The van der Waals surface area contributed by atoms with Gasteiger partial charge in [-0.05, 0) is 25.0 Å². The van der Waals surface area contributed by atoms with E-state index in [1.54, 1.807) is 7.05 Å². The molecule has 0 aromatic heterocycles. The number of benzene rings is 1. The fraction of sp³-hybridized carbons (Fsp3) is 0.533. The van der Waals surface area contributed by atoms with Crippen molar-refractivity contribution < 1.29 is 4.74 Å². The van der Waals surface area contributed by atoms with E-state index in [1.807, 2.05) is 24.3 Å². The molecule has 1 aromatic carbocycles. The molecule has 20 heavy (non-hydrogen) atoms. The summed E-state index contributed by atoms with van der Waals surface area (Å²) in [4.78, 5) is 4.16.